The highest BCUT2D eigenvalue weighted by atomic mass is 35.5. The van der Waals surface area contributed by atoms with E-state index >= 15 is 0 Å². The molecule has 404 valence electrons. The second kappa shape index (κ2) is 22.7. The topological polar surface area (TPSA) is 248 Å². The zero-order valence-electron chi connectivity index (χ0n) is 42.8. The second-order valence-electron chi connectivity index (χ2n) is 18.9. The number of alkyl halides is 1. The number of halogens is 3. The van der Waals surface area contributed by atoms with Gasteiger partial charge in [-0.15, -0.1) is 75.1 Å². The summed E-state index contributed by atoms with van der Waals surface area (Å²) in [6.45, 7) is 15.0. The van der Waals surface area contributed by atoms with Crippen molar-refractivity contribution in [3.05, 3.63) is 149 Å². The summed E-state index contributed by atoms with van der Waals surface area (Å²) in [5, 5.41) is 40.8. The Hall–Kier alpha value is -5.57. The molecular formula is C50H53Cl3N14O6S4. The van der Waals surface area contributed by atoms with E-state index in [0.717, 1.165) is 67.0 Å². The van der Waals surface area contributed by atoms with Gasteiger partial charge in [0.2, 0.25) is 23.6 Å². The summed E-state index contributed by atoms with van der Waals surface area (Å²) in [6.07, 6.45) is 0.746. The third kappa shape index (κ3) is 11.9. The van der Waals surface area contributed by atoms with Gasteiger partial charge in [-0.1, -0.05) is 47.5 Å². The number of thiophene rings is 2. The van der Waals surface area contributed by atoms with Crippen molar-refractivity contribution in [2.75, 3.05) is 49.2 Å². The van der Waals surface area contributed by atoms with Crippen LogP contribution in [0.2, 0.25) is 10.0 Å². The molecule has 0 radical (unpaired) electrons. The van der Waals surface area contributed by atoms with Crippen LogP contribution in [0.1, 0.15) is 102 Å². The summed E-state index contributed by atoms with van der Waals surface area (Å²) in [7, 11) is -5.60. The van der Waals surface area contributed by atoms with Crippen LogP contribution in [0.25, 0.3) is 10.0 Å². The van der Waals surface area contributed by atoms with Crippen LogP contribution in [0.5, 0.6) is 0 Å². The molecule has 10 heterocycles. The Bertz CT molecular complexity index is 3740. The van der Waals surface area contributed by atoms with Crippen LogP contribution in [0.15, 0.2) is 67.4 Å². The maximum atomic E-state index is 11.7. The van der Waals surface area contributed by atoms with Crippen LogP contribution in [0, 0.1) is 41.5 Å². The van der Waals surface area contributed by atoms with Crippen LogP contribution in [-0.4, -0.2) is 132 Å². The van der Waals surface area contributed by atoms with Gasteiger partial charge in [0.15, 0.2) is 31.3 Å². The van der Waals surface area contributed by atoms with E-state index in [0.29, 0.717) is 90.7 Å². The quantitative estimate of drug-likeness (QED) is 0.135. The Kier molecular flexibility index (Phi) is 16.1. The van der Waals surface area contributed by atoms with E-state index in [1.165, 1.54) is 20.9 Å². The number of hydrogen-bond acceptors (Lipinski definition) is 20. The largest absolute Gasteiger partial charge is 0.424 e. The van der Waals surface area contributed by atoms with Crippen LogP contribution in [0.3, 0.4) is 0 Å². The van der Waals surface area contributed by atoms with Crippen LogP contribution in [-0.2, 0) is 44.9 Å². The van der Waals surface area contributed by atoms with Crippen LogP contribution < -0.4 is 5.32 Å². The molecule has 77 heavy (non-hydrogen) atoms. The SMILES string of the molecule is Cc1sc2c(c1C)C(c1ccc(Cl)cc1)=N[C@@H](Cc1nnc(CCl)o1)c1nnc(C)n1-2.Cc1sc2c(c1C)C(c1ccc(Cl)cc1)=N[C@@H](Cc1nnc(CN3CCS(=O)(=O)CC3)o1)c1nnc(C)n1-2.O=S1(=O)CCNCC1. The van der Waals surface area contributed by atoms with Crippen molar-refractivity contribution in [1.29, 1.82) is 0 Å². The minimum absolute atomic E-state index is 0.149. The Morgan fingerprint density at radius 1 is 0.571 bits per heavy atom. The first-order valence-corrected chi connectivity index (χ1v) is 31.2. The maximum Gasteiger partial charge on any atom is 0.231 e. The van der Waals surface area contributed by atoms with Crippen molar-refractivity contribution in [3.63, 3.8) is 0 Å². The number of fused-ring (bicyclic) bond motifs is 6. The molecule has 4 aliphatic heterocycles. The number of aromatic nitrogens is 10. The average molecular weight is 1180 g/mol. The van der Waals surface area contributed by atoms with Crippen LogP contribution in [0.4, 0.5) is 0 Å². The number of aliphatic imine (C=N–C) groups is 2. The summed E-state index contributed by atoms with van der Waals surface area (Å²) < 4.78 is 60.6. The van der Waals surface area contributed by atoms with E-state index in [9.17, 15) is 16.8 Å². The number of hydrogen-bond donors (Lipinski definition) is 1. The molecule has 0 amide bonds. The van der Waals surface area contributed by atoms with Crippen molar-refractivity contribution < 1.29 is 25.7 Å². The van der Waals surface area contributed by atoms with E-state index in [-0.39, 0.29) is 23.4 Å². The van der Waals surface area contributed by atoms with Gasteiger partial charge < -0.3 is 14.2 Å². The highest BCUT2D eigenvalue weighted by Crippen LogP contribution is 2.41. The number of rotatable bonds is 9. The summed E-state index contributed by atoms with van der Waals surface area (Å²) in [4.78, 5) is 14.9. The van der Waals surface area contributed by atoms with Crippen molar-refractivity contribution in [1.82, 2.24) is 60.1 Å². The molecule has 1 N–H and O–H groups in total. The normalized spacial score (nSPS) is 18.5. The number of benzene rings is 2. The molecule has 8 aromatic rings. The molecule has 2 atom stereocenters. The summed E-state index contributed by atoms with van der Waals surface area (Å²) in [5.74, 6) is 5.89. The third-order valence-electron chi connectivity index (χ3n) is 13.6. The Morgan fingerprint density at radius 3 is 1.40 bits per heavy atom. The smallest absolute Gasteiger partial charge is 0.231 e. The fraction of sp³-hybridized carbons (Fsp3) is 0.400. The van der Waals surface area contributed by atoms with Gasteiger partial charge in [-0.3, -0.25) is 24.0 Å². The second-order valence-corrected chi connectivity index (χ2v) is 27.0. The van der Waals surface area contributed by atoms with Gasteiger partial charge in [0.1, 0.15) is 39.6 Å². The number of nitrogens with zero attached hydrogens (tertiary/aromatic N) is 13. The monoisotopic (exact) mass is 1180 g/mol. The molecule has 2 saturated heterocycles. The first-order chi connectivity index (χ1) is 36.8. The molecule has 0 saturated carbocycles. The minimum Gasteiger partial charge on any atom is -0.424 e. The zero-order valence-corrected chi connectivity index (χ0v) is 48.3. The number of aryl methyl sites for hydroxylation is 4. The predicted molar refractivity (Wildman–Crippen MR) is 298 cm³/mol. The Labute approximate surface area is 467 Å². The Balaban J connectivity index is 0.000000155. The lowest BCUT2D eigenvalue weighted by molar-refractivity contribution is 0.253. The standard InChI is InChI=1S/C25H26ClN7O3S2.C21H18Cl2N6OS.C4H9NO2S/c1-14-15(2)37-25-22(14)23(17-4-6-18(26)7-5-17)27-19(24-31-28-16(3)33(24)25)12-20-29-30-21(36-20)13-32-8-10-38(34,35)11-9-32;1-10-11(2)31-21-18(10)19(13-4-6-14(23)7-5-13)24-15(20-28-25-12(3)29(20)21)8-16-26-27-17(9-22)30-16;6-8(7)3-1-5-2-4-8/h4-7,19H,8-13H2,1-3H3;4-7,15H,8-9H2,1-3H3;5H,1-4H2/t19-;15-;/m00./s1. The molecule has 27 heteroatoms. The molecular weight excluding hydrogens is 1130 g/mol. The zero-order chi connectivity index (χ0) is 54.3. The van der Waals surface area contributed by atoms with Gasteiger partial charge in [-0.2, -0.15) is 0 Å². The van der Waals surface area contributed by atoms with Crippen LogP contribution >= 0.6 is 57.5 Å². The van der Waals surface area contributed by atoms with E-state index in [2.05, 4.69) is 82.9 Å². The third-order valence-corrected chi connectivity index (χ3v) is 19.9. The summed E-state index contributed by atoms with van der Waals surface area (Å²) >= 11 is 21.6. The molecule has 2 fully saturated rings. The van der Waals surface area contributed by atoms with E-state index in [4.69, 9.17) is 53.6 Å². The molecule has 0 aliphatic carbocycles. The van der Waals surface area contributed by atoms with Crippen molar-refractivity contribution >= 4 is 88.6 Å². The van der Waals surface area contributed by atoms with Gasteiger partial charge in [-0.25, -0.2) is 16.8 Å². The fourth-order valence-electron chi connectivity index (χ4n) is 9.24. The first kappa shape index (κ1) is 54.8. The lowest BCUT2D eigenvalue weighted by Crippen LogP contribution is -2.39. The molecule has 2 aromatic carbocycles. The molecule has 0 unspecified atom stereocenters. The highest BCUT2D eigenvalue weighted by molar-refractivity contribution is 7.91. The molecule has 12 rings (SSSR count). The first-order valence-electron chi connectivity index (χ1n) is 24.6. The lowest BCUT2D eigenvalue weighted by atomic mass is 9.99. The lowest BCUT2D eigenvalue weighted by Gasteiger charge is -2.24. The minimum atomic E-state index is -2.95. The van der Waals surface area contributed by atoms with Gasteiger partial charge in [0.05, 0.1) is 53.8 Å². The maximum absolute atomic E-state index is 11.7. The van der Waals surface area contributed by atoms with E-state index in [1.54, 1.807) is 22.7 Å². The van der Waals surface area contributed by atoms with Gasteiger partial charge >= 0.3 is 0 Å². The molecule has 0 bridgehead atoms. The van der Waals surface area contributed by atoms with Crippen molar-refractivity contribution in [2.45, 2.75) is 78.9 Å². The highest BCUT2D eigenvalue weighted by Gasteiger charge is 2.35. The van der Waals surface area contributed by atoms with Crippen molar-refractivity contribution in [2.24, 2.45) is 9.98 Å². The molecule has 6 aromatic heterocycles. The average Bonchev–Trinajstić information content (AvgIpc) is 4.29. The molecule has 20 nitrogen and oxygen atoms in total. The molecule has 4 aliphatic rings. The van der Waals surface area contributed by atoms with E-state index in [1.807, 2.05) is 67.3 Å². The van der Waals surface area contributed by atoms with Gasteiger partial charge in [0, 0.05) is 68.2 Å². The fourth-order valence-corrected chi connectivity index (χ4v) is 14.4. The van der Waals surface area contributed by atoms with E-state index < -0.39 is 25.7 Å². The van der Waals surface area contributed by atoms with Gasteiger partial charge in [-0.05, 0) is 76.9 Å². The predicted octanol–water partition coefficient (Wildman–Crippen LogP) is 7.82. The Morgan fingerprint density at radius 2 is 0.987 bits per heavy atom. The molecule has 0 spiro atoms. The number of nitrogens with one attached hydrogen (secondary N) is 1. The summed E-state index contributed by atoms with van der Waals surface area (Å²) in [6, 6.07) is 14.7. The van der Waals surface area contributed by atoms with Gasteiger partial charge in [0.25, 0.3) is 0 Å². The van der Waals surface area contributed by atoms with Crippen molar-refractivity contribution in [3.8, 4) is 10.0 Å². The summed E-state index contributed by atoms with van der Waals surface area (Å²) in [5.41, 5.74) is 8.21. The number of sulfone groups is 2.